The van der Waals surface area contributed by atoms with Crippen LogP contribution in [0.25, 0.3) is 22.2 Å². The third-order valence-corrected chi connectivity index (χ3v) is 4.73. The summed E-state index contributed by atoms with van der Waals surface area (Å²) >= 11 is 0. The van der Waals surface area contributed by atoms with E-state index in [-0.39, 0.29) is 5.91 Å². The number of aromatic nitrogens is 3. The molecule has 2 atom stereocenters. The van der Waals surface area contributed by atoms with Gasteiger partial charge in [-0.2, -0.15) is 0 Å². The number of anilines is 1. The number of halogens is 1. The van der Waals surface area contributed by atoms with Gasteiger partial charge in [0, 0.05) is 29.9 Å². The molecule has 0 saturated heterocycles. The summed E-state index contributed by atoms with van der Waals surface area (Å²) < 4.78 is 15.1. The number of nitrogens with one attached hydrogen (secondary N) is 1. The fourth-order valence-corrected chi connectivity index (χ4v) is 3.17. The summed E-state index contributed by atoms with van der Waals surface area (Å²) in [6.45, 7) is 2.08. The maximum atomic E-state index is 13.0. The van der Waals surface area contributed by atoms with Gasteiger partial charge in [0.05, 0.1) is 23.3 Å². The number of nitrogens with zero attached hydrogens (tertiary/aromatic N) is 3. The number of amides is 1. The molecule has 1 fully saturated rings. The molecule has 0 aliphatic heterocycles. The molecule has 3 aromatic heterocycles. The fraction of sp³-hybridized carbons (Fsp3) is 0.316. The summed E-state index contributed by atoms with van der Waals surface area (Å²) in [7, 11) is 1.99. The zero-order valence-corrected chi connectivity index (χ0v) is 14.2. The molecule has 1 N–H and O–H groups in total. The molecule has 128 valence electrons. The summed E-state index contributed by atoms with van der Waals surface area (Å²) in [5, 5.41) is 3.68. The summed E-state index contributed by atoms with van der Waals surface area (Å²) in [4.78, 5) is 20.6. The van der Waals surface area contributed by atoms with Gasteiger partial charge in [0.15, 0.2) is 0 Å². The van der Waals surface area contributed by atoms with Gasteiger partial charge >= 0.3 is 0 Å². The number of fused-ring (bicyclic) bond motifs is 1. The quantitative estimate of drug-likeness (QED) is 0.792. The van der Waals surface area contributed by atoms with Gasteiger partial charge in [-0.05, 0) is 37.1 Å². The second-order valence-electron chi connectivity index (χ2n) is 6.42. The smallest absolute Gasteiger partial charge is 0.231 e. The van der Waals surface area contributed by atoms with E-state index in [9.17, 15) is 9.18 Å². The molecule has 25 heavy (non-hydrogen) atoms. The molecule has 1 amide bonds. The highest BCUT2D eigenvalue weighted by Crippen LogP contribution is 2.35. The SMILES string of the molecule is CCc1ncccc1-c1cc2cc(NC(=O)[C@@H]3C[C@@H]3F)ncc2n1C. The molecular weight excluding hydrogens is 319 g/mol. The highest BCUT2D eigenvalue weighted by Gasteiger charge is 2.43. The van der Waals surface area contributed by atoms with Crippen molar-refractivity contribution in [3.8, 4) is 11.3 Å². The van der Waals surface area contributed by atoms with Gasteiger partial charge in [-0.3, -0.25) is 9.78 Å². The number of alkyl halides is 1. The topological polar surface area (TPSA) is 59.8 Å². The molecule has 4 rings (SSSR count). The lowest BCUT2D eigenvalue weighted by molar-refractivity contribution is -0.117. The minimum absolute atomic E-state index is 0.295. The van der Waals surface area contributed by atoms with E-state index in [1.54, 1.807) is 12.4 Å². The zero-order valence-electron chi connectivity index (χ0n) is 14.2. The van der Waals surface area contributed by atoms with Crippen molar-refractivity contribution in [3.05, 3.63) is 42.4 Å². The van der Waals surface area contributed by atoms with Gasteiger partial charge < -0.3 is 9.88 Å². The molecule has 0 aromatic carbocycles. The van der Waals surface area contributed by atoms with Gasteiger partial charge in [0.25, 0.3) is 0 Å². The molecule has 1 saturated carbocycles. The molecule has 0 bridgehead atoms. The van der Waals surface area contributed by atoms with E-state index in [1.165, 1.54) is 0 Å². The predicted octanol–water partition coefficient (Wildman–Crippen LogP) is 3.49. The van der Waals surface area contributed by atoms with Crippen molar-refractivity contribution in [3.63, 3.8) is 0 Å². The van der Waals surface area contributed by atoms with E-state index in [4.69, 9.17) is 0 Å². The Morgan fingerprint density at radius 2 is 2.20 bits per heavy atom. The van der Waals surface area contributed by atoms with Gasteiger partial charge in [0.2, 0.25) is 5.91 Å². The van der Waals surface area contributed by atoms with Crippen LogP contribution in [0.1, 0.15) is 19.0 Å². The van der Waals surface area contributed by atoms with Gasteiger partial charge in [-0.1, -0.05) is 6.92 Å². The number of hydrogen-bond donors (Lipinski definition) is 1. The van der Waals surface area contributed by atoms with Gasteiger partial charge in [0.1, 0.15) is 12.0 Å². The van der Waals surface area contributed by atoms with E-state index in [0.717, 1.165) is 34.3 Å². The van der Waals surface area contributed by atoms with Crippen LogP contribution in [-0.4, -0.2) is 26.6 Å². The second-order valence-corrected chi connectivity index (χ2v) is 6.42. The Kier molecular flexibility index (Phi) is 3.75. The van der Waals surface area contributed by atoms with Crippen LogP contribution in [0, 0.1) is 5.92 Å². The zero-order chi connectivity index (χ0) is 17.6. The average molecular weight is 338 g/mol. The minimum Gasteiger partial charge on any atom is -0.342 e. The molecule has 0 radical (unpaired) electrons. The third kappa shape index (κ3) is 2.77. The predicted molar refractivity (Wildman–Crippen MR) is 95.0 cm³/mol. The molecule has 1 aliphatic rings. The first-order chi connectivity index (χ1) is 12.1. The highest BCUT2D eigenvalue weighted by molar-refractivity contribution is 5.96. The fourth-order valence-electron chi connectivity index (χ4n) is 3.17. The minimum atomic E-state index is -1.01. The van der Waals surface area contributed by atoms with Crippen molar-refractivity contribution in [2.45, 2.75) is 25.9 Å². The first-order valence-electron chi connectivity index (χ1n) is 8.43. The Hall–Kier alpha value is -2.76. The number of rotatable bonds is 4. The lowest BCUT2D eigenvalue weighted by atomic mass is 10.1. The molecule has 3 aromatic rings. The Labute approximate surface area is 144 Å². The summed E-state index contributed by atoms with van der Waals surface area (Å²) in [5.74, 6) is -0.363. The monoisotopic (exact) mass is 338 g/mol. The molecular formula is C19H19FN4O. The van der Waals surface area contributed by atoms with E-state index in [0.29, 0.717) is 12.2 Å². The summed E-state index contributed by atoms with van der Waals surface area (Å²) in [5.41, 5.74) is 4.15. The van der Waals surface area contributed by atoms with Crippen LogP contribution >= 0.6 is 0 Å². The molecule has 6 heteroatoms. The van der Waals surface area contributed by atoms with E-state index < -0.39 is 12.1 Å². The van der Waals surface area contributed by atoms with Crippen LogP contribution < -0.4 is 5.32 Å². The van der Waals surface area contributed by atoms with Crippen LogP contribution in [0.2, 0.25) is 0 Å². The van der Waals surface area contributed by atoms with Crippen LogP contribution in [-0.2, 0) is 18.3 Å². The van der Waals surface area contributed by atoms with Crippen LogP contribution in [0.15, 0.2) is 36.7 Å². The molecule has 1 aliphatic carbocycles. The van der Waals surface area contributed by atoms with Crippen molar-refractivity contribution >= 4 is 22.6 Å². The van der Waals surface area contributed by atoms with Crippen LogP contribution in [0.3, 0.4) is 0 Å². The first kappa shape index (κ1) is 15.7. The van der Waals surface area contributed by atoms with Crippen LogP contribution in [0.5, 0.6) is 0 Å². The number of carbonyl (C=O) groups excluding carboxylic acids is 1. The normalized spacial score (nSPS) is 19.2. The van der Waals surface area contributed by atoms with Crippen molar-refractivity contribution in [1.82, 2.24) is 14.5 Å². The lowest BCUT2D eigenvalue weighted by Gasteiger charge is -2.08. The maximum Gasteiger partial charge on any atom is 0.231 e. The standard InChI is InChI=1S/C19H19FN4O/c1-3-15-12(5-4-6-21-15)16-7-11-8-18(22-10-17(11)24(16)2)23-19(25)13-9-14(13)20/h4-8,10,13-14H,3,9H2,1-2H3,(H,22,23,25)/t13-,14+/m1/s1. The Morgan fingerprint density at radius 3 is 2.92 bits per heavy atom. The van der Waals surface area contributed by atoms with E-state index in [2.05, 4.69) is 38.9 Å². The number of aryl methyl sites for hydroxylation is 2. The van der Waals surface area contributed by atoms with Crippen LogP contribution in [0.4, 0.5) is 10.2 Å². The molecule has 3 heterocycles. The van der Waals surface area contributed by atoms with Crippen molar-refractivity contribution < 1.29 is 9.18 Å². The third-order valence-electron chi connectivity index (χ3n) is 4.73. The molecule has 5 nitrogen and oxygen atoms in total. The number of hydrogen-bond acceptors (Lipinski definition) is 3. The molecule has 0 spiro atoms. The van der Waals surface area contributed by atoms with Gasteiger partial charge in [-0.25, -0.2) is 9.37 Å². The summed E-state index contributed by atoms with van der Waals surface area (Å²) in [6, 6.07) is 7.88. The average Bonchev–Trinajstić information content (AvgIpc) is 3.27. The highest BCUT2D eigenvalue weighted by atomic mass is 19.1. The van der Waals surface area contributed by atoms with Crippen molar-refractivity contribution in [2.75, 3.05) is 5.32 Å². The van der Waals surface area contributed by atoms with E-state index in [1.807, 2.05) is 19.2 Å². The van der Waals surface area contributed by atoms with Gasteiger partial charge in [-0.15, -0.1) is 0 Å². The first-order valence-corrected chi connectivity index (χ1v) is 8.43. The Bertz CT molecular complexity index is 965. The second kappa shape index (κ2) is 5.95. The Balaban J connectivity index is 1.71. The summed E-state index contributed by atoms with van der Waals surface area (Å²) in [6.07, 6.45) is 3.69. The van der Waals surface area contributed by atoms with E-state index >= 15 is 0 Å². The van der Waals surface area contributed by atoms with Crippen molar-refractivity contribution in [2.24, 2.45) is 13.0 Å². The lowest BCUT2D eigenvalue weighted by Crippen LogP contribution is -2.15. The number of carbonyl (C=O) groups is 1. The van der Waals surface area contributed by atoms with Crippen molar-refractivity contribution in [1.29, 1.82) is 0 Å². The largest absolute Gasteiger partial charge is 0.342 e. The molecule has 0 unspecified atom stereocenters. The number of pyridine rings is 2. The maximum absolute atomic E-state index is 13.0. The Morgan fingerprint density at radius 1 is 1.40 bits per heavy atom.